The zero-order valence-electron chi connectivity index (χ0n) is 12.1. The van der Waals surface area contributed by atoms with Crippen molar-refractivity contribution in [1.29, 1.82) is 0 Å². The van der Waals surface area contributed by atoms with E-state index in [4.69, 9.17) is 35.0 Å². The molecule has 0 fully saturated rings. The summed E-state index contributed by atoms with van der Waals surface area (Å²) < 4.78 is 10.1. The summed E-state index contributed by atoms with van der Waals surface area (Å²) in [6.07, 6.45) is -8.68. The maximum Gasteiger partial charge on any atom is 0.181 e. The molecule has 0 aliphatic heterocycles. The van der Waals surface area contributed by atoms with Gasteiger partial charge in [0.05, 0.1) is 32.5 Å². The van der Waals surface area contributed by atoms with Crippen LogP contribution in [-0.4, -0.2) is 111 Å². The Morgan fingerprint density at radius 2 is 1.32 bits per heavy atom. The van der Waals surface area contributed by atoms with E-state index in [9.17, 15) is 15.3 Å². The summed E-state index contributed by atoms with van der Waals surface area (Å²) in [4.78, 5) is 0. The predicted octanol–water partition coefficient (Wildman–Crippen LogP) is -4.48. The molecule has 0 aromatic carbocycles. The first-order valence-electron chi connectivity index (χ1n) is 6.83. The largest absolute Gasteiger partial charge is 0.396 e. The molecule has 0 saturated carbocycles. The Morgan fingerprint density at radius 1 is 0.727 bits per heavy atom. The van der Waals surface area contributed by atoms with E-state index < -0.39 is 63.2 Å². The molecule has 0 radical (unpaired) electrons. The SMILES string of the molecule is OCCC(CO)O[C@@H](CO)OCC(O)C(O)[C@H](O)C(O)CO. The summed E-state index contributed by atoms with van der Waals surface area (Å²) in [6, 6.07) is 0. The normalized spacial score (nSPS) is 20.2. The van der Waals surface area contributed by atoms with E-state index in [-0.39, 0.29) is 13.0 Å². The summed E-state index contributed by atoms with van der Waals surface area (Å²) in [5, 5.41) is 73.2. The van der Waals surface area contributed by atoms with Crippen LogP contribution in [0.5, 0.6) is 0 Å². The van der Waals surface area contributed by atoms with E-state index in [1.54, 1.807) is 0 Å². The number of rotatable bonds is 13. The number of aliphatic hydroxyl groups is 8. The maximum atomic E-state index is 9.62. The van der Waals surface area contributed by atoms with Crippen molar-refractivity contribution in [2.45, 2.75) is 43.2 Å². The zero-order chi connectivity index (χ0) is 17.1. The summed E-state index contributed by atoms with van der Waals surface area (Å²) in [5.41, 5.74) is 0. The smallest absolute Gasteiger partial charge is 0.181 e. The Kier molecular flexibility index (Phi) is 11.9. The fraction of sp³-hybridized carbons (Fsp3) is 1.00. The molecule has 0 spiro atoms. The van der Waals surface area contributed by atoms with Gasteiger partial charge in [-0.3, -0.25) is 0 Å². The molecule has 0 bridgehead atoms. The van der Waals surface area contributed by atoms with Gasteiger partial charge in [0.15, 0.2) is 6.29 Å². The number of aliphatic hydroxyl groups excluding tert-OH is 8. The van der Waals surface area contributed by atoms with Crippen LogP contribution >= 0.6 is 0 Å². The molecule has 4 unspecified atom stereocenters. The predicted molar refractivity (Wildman–Crippen MR) is 71.6 cm³/mol. The lowest BCUT2D eigenvalue weighted by molar-refractivity contribution is -0.216. The molecular weight excluding hydrogens is 304 g/mol. The molecule has 0 aromatic rings. The van der Waals surface area contributed by atoms with E-state index in [2.05, 4.69) is 0 Å². The molecule has 22 heavy (non-hydrogen) atoms. The average molecular weight is 330 g/mol. The lowest BCUT2D eigenvalue weighted by Gasteiger charge is -2.27. The summed E-state index contributed by atoms with van der Waals surface area (Å²) in [7, 11) is 0. The van der Waals surface area contributed by atoms with E-state index >= 15 is 0 Å². The lowest BCUT2D eigenvalue weighted by Crippen LogP contribution is -2.48. The second kappa shape index (κ2) is 12.1. The van der Waals surface area contributed by atoms with Crippen LogP contribution in [0.3, 0.4) is 0 Å². The molecule has 0 saturated heterocycles. The van der Waals surface area contributed by atoms with Gasteiger partial charge in [0, 0.05) is 6.61 Å². The van der Waals surface area contributed by atoms with Crippen molar-refractivity contribution in [2.75, 3.05) is 33.0 Å². The second-order valence-corrected chi connectivity index (χ2v) is 4.70. The average Bonchev–Trinajstić information content (AvgIpc) is 2.54. The molecule has 0 rings (SSSR count). The van der Waals surface area contributed by atoms with Crippen LogP contribution in [0, 0.1) is 0 Å². The molecule has 0 amide bonds. The first-order valence-corrected chi connectivity index (χ1v) is 6.83. The molecule has 0 aliphatic rings. The van der Waals surface area contributed by atoms with Crippen LogP contribution < -0.4 is 0 Å². The Balaban J connectivity index is 4.31. The van der Waals surface area contributed by atoms with Crippen LogP contribution in [-0.2, 0) is 9.47 Å². The standard InChI is InChI=1S/C12H26O10/c13-2-1-7(3-14)22-10(5-16)21-6-9(18)12(20)11(19)8(17)4-15/h7-20H,1-6H2/t7?,8?,9?,10-,11+,12?/m0/s1. The third-order valence-corrected chi connectivity index (χ3v) is 2.93. The van der Waals surface area contributed by atoms with Crippen LogP contribution in [0.15, 0.2) is 0 Å². The fourth-order valence-electron chi connectivity index (χ4n) is 1.56. The van der Waals surface area contributed by atoms with Gasteiger partial charge in [-0.1, -0.05) is 0 Å². The van der Waals surface area contributed by atoms with Gasteiger partial charge < -0.3 is 50.3 Å². The second-order valence-electron chi connectivity index (χ2n) is 4.70. The number of hydrogen-bond donors (Lipinski definition) is 8. The van der Waals surface area contributed by atoms with E-state index in [1.165, 1.54) is 0 Å². The van der Waals surface area contributed by atoms with Crippen molar-refractivity contribution >= 4 is 0 Å². The highest BCUT2D eigenvalue weighted by molar-refractivity contribution is 4.80. The summed E-state index contributed by atoms with van der Waals surface area (Å²) in [6.45, 7) is -2.60. The first kappa shape index (κ1) is 21.6. The third kappa shape index (κ3) is 7.74. The van der Waals surface area contributed by atoms with Crippen molar-refractivity contribution in [3.05, 3.63) is 0 Å². The van der Waals surface area contributed by atoms with Gasteiger partial charge in [-0.15, -0.1) is 0 Å². The third-order valence-electron chi connectivity index (χ3n) is 2.93. The Labute approximate surface area is 127 Å². The van der Waals surface area contributed by atoms with Gasteiger partial charge in [-0.2, -0.15) is 0 Å². The molecule has 6 atom stereocenters. The Bertz CT molecular complexity index is 264. The lowest BCUT2D eigenvalue weighted by atomic mass is 10.0. The quantitative estimate of drug-likeness (QED) is 0.153. The van der Waals surface area contributed by atoms with Crippen LogP contribution in [0.4, 0.5) is 0 Å². The molecule has 10 heteroatoms. The highest BCUT2D eigenvalue weighted by atomic mass is 16.7. The van der Waals surface area contributed by atoms with Crippen LogP contribution in [0.25, 0.3) is 0 Å². The summed E-state index contributed by atoms with van der Waals surface area (Å²) in [5.74, 6) is 0. The van der Waals surface area contributed by atoms with Crippen molar-refractivity contribution in [3.63, 3.8) is 0 Å². The molecule has 0 aliphatic carbocycles. The minimum absolute atomic E-state index is 0.114. The van der Waals surface area contributed by atoms with Crippen molar-refractivity contribution < 1.29 is 50.3 Å². The minimum atomic E-state index is -1.78. The molecular formula is C12H26O10. The minimum Gasteiger partial charge on any atom is -0.396 e. The Hall–Kier alpha value is -0.400. The maximum absolute atomic E-state index is 9.62. The topological polar surface area (TPSA) is 180 Å². The monoisotopic (exact) mass is 330 g/mol. The molecule has 10 nitrogen and oxygen atoms in total. The van der Waals surface area contributed by atoms with Gasteiger partial charge in [0.2, 0.25) is 0 Å². The van der Waals surface area contributed by atoms with Gasteiger partial charge in [0.1, 0.15) is 24.4 Å². The molecule has 134 valence electrons. The highest BCUT2D eigenvalue weighted by Crippen LogP contribution is 2.09. The summed E-state index contributed by atoms with van der Waals surface area (Å²) >= 11 is 0. The van der Waals surface area contributed by atoms with Gasteiger partial charge in [-0.05, 0) is 6.42 Å². The number of ether oxygens (including phenoxy) is 2. The Morgan fingerprint density at radius 3 is 1.77 bits per heavy atom. The van der Waals surface area contributed by atoms with E-state index in [0.29, 0.717) is 0 Å². The zero-order valence-corrected chi connectivity index (χ0v) is 12.1. The van der Waals surface area contributed by atoms with E-state index in [0.717, 1.165) is 0 Å². The van der Waals surface area contributed by atoms with Crippen molar-refractivity contribution in [1.82, 2.24) is 0 Å². The fourth-order valence-corrected chi connectivity index (χ4v) is 1.56. The van der Waals surface area contributed by atoms with Crippen molar-refractivity contribution in [2.24, 2.45) is 0 Å². The van der Waals surface area contributed by atoms with Crippen LogP contribution in [0.1, 0.15) is 6.42 Å². The number of hydrogen-bond acceptors (Lipinski definition) is 10. The van der Waals surface area contributed by atoms with Gasteiger partial charge >= 0.3 is 0 Å². The highest BCUT2D eigenvalue weighted by Gasteiger charge is 2.30. The first-order chi connectivity index (χ1) is 10.4. The van der Waals surface area contributed by atoms with Crippen LogP contribution in [0.2, 0.25) is 0 Å². The molecule has 0 aromatic heterocycles. The molecule has 0 heterocycles. The van der Waals surface area contributed by atoms with Gasteiger partial charge in [-0.25, -0.2) is 0 Å². The molecule has 8 N–H and O–H groups in total. The van der Waals surface area contributed by atoms with E-state index in [1.807, 2.05) is 0 Å². The van der Waals surface area contributed by atoms with Gasteiger partial charge in [0.25, 0.3) is 0 Å². The van der Waals surface area contributed by atoms with Crippen molar-refractivity contribution in [3.8, 4) is 0 Å².